The molecule has 98 valence electrons. The van der Waals surface area contributed by atoms with E-state index in [4.69, 9.17) is 22.3 Å². The lowest BCUT2D eigenvalue weighted by Gasteiger charge is -2.14. The number of amides is 1. The van der Waals surface area contributed by atoms with Crippen LogP contribution in [0.25, 0.3) is 0 Å². The van der Waals surface area contributed by atoms with Crippen molar-refractivity contribution in [1.82, 2.24) is 9.97 Å². The van der Waals surface area contributed by atoms with Crippen molar-refractivity contribution in [3.63, 3.8) is 0 Å². The Morgan fingerprint density at radius 3 is 2.78 bits per heavy atom. The molecule has 0 saturated carbocycles. The molecule has 0 radical (unpaired) electrons. The molecule has 0 bridgehead atoms. The van der Waals surface area contributed by atoms with Crippen molar-refractivity contribution in [1.29, 1.82) is 0 Å². The van der Waals surface area contributed by atoms with Crippen molar-refractivity contribution >= 4 is 43.1 Å². The van der Waals surface area contributed by atoms with Gasteiger partial charge >= 0.3 is 0 Å². The van der Waals surface area contributed by atoms with Gasteiger partial charge < -0.3 is 0 Å². The second kappa shape index (κ2) is 4.99. The van der Waals surface area contributed by atoms with Gasteiger partial charge in [0.25, 0.3) is 0 Å². The maximum atomic E-state index is 11.8. The van der Waals surface area contributed by atoms with Crippen molar-refractivity contribution < 1.29 is 13.2 Å². The molecular formula is C9H9Cl2N3O3S. The van der Waals surface area contributed by atoms with E-state index < -0.39 is 9.05 Å². The maximum Gasteiger partial charge on any atom is 0.232 e. The lowest BCUT2D eigenvalue weighted by atomic mass is 10.1. The van der Waals surface area contributed by atoms with Gasteiger partial charge in [0.2, 0.25) is 15.0 Å². The van der Waals surface area contributed by atoms with Crippen LogP contribution in [0, 0.1) is 5.92 Å². The van der Waals surface area contributed by atoms with Gasteiger partial charge in [-0.05, 0) is 0 Å². The standard InChI is InChI=1S/C9H9Cl2N3O3S/c10-7-2-8(13-5-12-7)14-3-6(1-9(14)15)4-18(11,16)17/h2,5-6H,1,3-4H2. The van der Waals surface area contributed by atoms with Crippen molar-refractivity contribution in [3.05, 3.63) is 17.5 Å². The summed E-state index contributed by atoms with van der Waals surface area (Å²) in [4.78, 5) is 20.8. The third-order valence-electron chi connectivity index (χ3n) is 2.54. The number of rotatable bonds is 3. The van der Waals surface area contributed by atoms with E-state index in [1.807, 2.05) is 0 Å². The third-order valence-corrected chi connectivity index (χ3v) is 3.99. The monoisotopic (exact) mass is 309 g/mol. The highest BCUT2D eigenvalue weighted by atomic mass is 35.7. The first-order chi connectivity index (χ1) is 8.35. The Kier molecular flexibility index (Phi) is 3.74. The number of aromatic nitrogens is 2. The molecular weight excluding hydrogens is 301 g/mol. The van der Waals surface area contributed by atoms with E-state index in [0.717, 1.165) is 0 Å². The summed E-state index contributed by atoms with van der Waals surface area (Å²) in [7, 11) is 1.57. The molecule has 1 amide bonds. The Morgan fingerprint density at radius 2 is 2.17 bits per heavy atom. The van der Waals surface area contributed by atoms with Gasteiger partial charge in [0.05, 0.1) is 5.75 Å². The van der Waals surface area contributed by atoms with Crippen LogP contribution in [-0.4, -0.2) is 36.6 Å². The maximum absolute atomic E-state index is 11.8. The van der Waals surface area contributed by atoms with Gasteiger partial charge in [0.1, 0.15) is 17.3 Å². The summed E-state index contributed by atoms with van der Waals surface area (Å²) in [5.41, 5.74) is 0. The first-order valence-corrected chi connectivity index (χ1v) is 7.91. The Hall–Kier alpha value is -0.920. The second-order valence-corrected chi connectivity index (χ2v) is 7.19. The van der Waals surface area contributed by atoms with E-state index >= 15 is 0 Å². The van der Waals surface area contributed by atoms with Gasteiger partial charge in [-0.2, -0.15) is 0 Å². The van der Waals surface area contributed by atoms with Crippen molar-refractivity contribution in [2.45, 2.75) is 6.42 Å². The van der Waals surface area contributed by atoms with Crippen LogP contribution in [0.1, 0.15) is 6.42 Å². The van der Waals surface area contributed by atoms with Gasteiger partial charge in [0, 0.05) is 35.6 Å². The average molecular weight is 310 g/mol. The van der Waals surface area contributed by atoms with Crippen LogP contribution in [0.15, 0.2) is 12.4 Å². The van der Waals surface area contributed by atoms with Crippen LogP contribution >= 0.6 is 22.3 Å². The fourth-order valence-corrected chi connectivity index (χ4v) is 3.33. The molecule has 2 heterocycles. The first kappa shape index (κ1) is 13.5. The molecule has 1 atom stereocenters. The van der Waals surface area contributed by atoms with Gasteiger partial charge in [-0.3, -0.25) is 9.69 Å². The topological polar surface area (TPSA) is 80.2 Å². The molecule has 18 heavy (non-hydrogen) atoms. The second-order valence-electron chi connectivity index (χ2n) is 3.98. The van der Waals surface area contributed by atoms with Crippen LogP contribution in [0.4, 0.5) is 5.82 Å². The van der Waals surface area contributed by atoms with E-state index in [9.17, 15) is 13.2 Å². The van der Waals surface area contributed by atoms with E-state index in [1.165, 1.54) is 17.3 Å². The summed E-state index contributed by atoms with van der Waals surface area (Å²) in [5.74, 6) is -0.381. The quantitative estimate of drug-likeness (QED) is 0.616. The Labute approximate surface area is 113 Å². The van der Waals surface area contributed by atoms with Crippen molar-refractivity contribution in [2.75, 3.05) is 17.2 Å². The minimum absolute atomic E-state index is 0.133. The number of carbonyl (C=O) groups excluding carboxylic acids is 1. The zero-order valence-electron chi connectivity index (χ0n) is 9.08. The largest absolute Gasteiger partial charge is 0.296 e. The molecule has 0 aromatic carbocycles. The molecule has 1 fully saturated rings. The van der Waals surface area contributed by atoms with Crippen molar-refractivity contribution in [3.8, 4) is 0 Å². The van der Waals surface area contributed by atoms with Gasteiger partial charge in [0.15, 0.2) is 0 Å². The van der Waals surface area contributed by atoms with Crippen LogP contribution in [0.3, 0.4) is 0 Å². The van der Waals surface area contributed by atoms with Crippen LogP contribution in [-0.2, 0) is 13.8 Å². The zero-order chi connectivity index (χ0) is 13.3. The minimum Gasteiger partial charge on any atom is -0.296 e. The molecule has 0 spiro atoms. The summed E-state index contributed by atoms with van der Waals surface area (Å²) in [6.07, 6.45) is 1.38. The van der Waals surface area contributed by atoms with Crippen molar-refractivity contribution in [2.24, 2.45) is 5.92 Å². The van der Waals surface area contributed by atoms with E-state index in [1.54, 1.807) is 0 Å². The zero-order valence-corrected chi connectivity index (χ0v) is 11.4. The Morgan fingerprint density at radius 1 is 1.44 bits per heavy atom. The molecule has 6 nitrogen and oxygen atoms in total. The molecule has 1 saturated heterocycles. The molecule has 0 N–H and O–H groups in total. The normalized spacial score (nSPS) is 20.4. The number of anilines is 1. The number of hydrogen-bond acceptors (Lipinski definition) is 5. The molecule has 2 rings (SSSR count). The fraction of sp³-hybridized carbons (Fsp3) is 0.444. The molecule has 1 aliphatic rings. The van der Waals surface area contributed by atoms with Crippen LogP contribution in [0.5, 0.6) is 0 Å². The number of carbonyl (C=O) groups is 1. The average Bonchev–Trinajstić information content (AvgIpc) is 2.56. The highest BCUT2D eigenvalue weighted by molar-refractivity contribution is 8.13. The molecule has 1 aliphatic heterocycles. The van der Waals surface area contributed by atoms with E-state index in [-0.39, 0.29) is 35.7 Å². The minimum atomic E-state index is -3.61. The summed E-state index contributed by atoms with van der Waals surface area (Å²) >= 11 is 5.71. The summed E-state index contributed by atoms with van der Waals surface area (Å²) in [5, 5.41) is 0.223. The molecule has 9 heteroatoms. The van der Waals surface area contributed by atoms with E-state index in [0.29, 0.717) is 5.82 Å². The predicted molar refractivity (Wildman–Crippen MR) is 67.1 cm³/mol. The molecule has 0 aliphatic carbocycles. The summed E-state index contributed by atoms with van der Waals surface area (Å²) in [6, 6.07) is 1.46. The molecule has 1 aromatic rings. The predicted octanol–water partition coefficient (Wildman–Crippen LogP) is 1.05. The van der Waals surface area contributed by atoms with E-state index in [2.05, 4.69) is 9.97 Å². The Bertz CT molecular complexity index is 578. The highest BCUT2D eigenvalue weighted by Crippen LogP contribution is 2.25. The first-order valence-electron chi connectivity index (χ1n) is 5.05. The number of halogens is 2. The molecule has 1 unspecified atom stereocenters. The van der Waals surface area contributed by atoms with Gasteiger partial charge in [-0.15, -0.1) is 0 Å². The van der Waals surface area contributed by atoms with Crippen LogP contribution in [0.2, 0.25) is 5.15 Å². The lowest BCUT2D eigenvalue weighted by molar-refractivity contribution is -0.117. The lowest BCUT2D eigenvalue weighted by Crippen LogP contribution is -2.26. The fourth-order valence-electron chi connectivity index (χ4n) is 1.87. The Balaban J connectivity index is 2.15. The van der Waals surface area contributed by atoms with Gasteiger partial charge in [-0.1, -0.05) is 11.6 Å². The van der Waals surface area contributed by atoms with Crippen LogP contribution < -0.4 is 4.90 Å². The molecule has 1 aromatic heterocycles. The SMILES string of the molecule is O=C1CC(CS(=O)(=O)Cl)CN1c1cc(Cl)ncn1. The number of hydrogen-bond donors (Lipinski definition) is 0. The summed E-state index contributed by atoms with van der Waals surface area (Å²) in [6.45, 7) is 0.262. The smallest absolute Gasteiger partial charge is 0.232 e. The highest BCUT2D eigenvalue weighted by Gasteiger charge is 2.33. The summed E-state index contributed by atoms with van der Waals surface area (Å²) < 4.78 is 22.0. The van der Waals surface area contributed by atoms with Gasteiger partial charge in [-0.25, -0.2) is 18.4 Å². The third kappa shape index (κ3) is 3.30. The number of nitrogens with zero attached hydrogens (tertiary/aromatic N) is 3.